The zero-order valence-electron chi connectivity index (χ0n) is 7.47. The maximum absolute atomic E-state index is 5.75. The number of ether oxygens (including phenoxy) is 1. The Morgan fingerprint density at radius 3 is 2.83 bits per heavy atom. The van der Waals surface area contributed by atoms with Crippen molar-refractivity contribution in [1.82, 2.24) is 0 Å². The highest BCUT2D eigenvalue weighted by atomic mass is 35.5. The first kappa shape index (κ1) is 10.1. The van der Waals surface area contributed by atoms with Gasteiger partial charge >= 0.3 is 0 Å². The standard InChI is InChI=1S/C10H17ClO/c1-2-3-10(6-11)8-12-7-9-4-5-9/h2,9-10H,1,3-8H2. The third kappa shape index (κ3) is 4.13. The maximum Gasteiger partial charge on any atom is 0.0508 e. The van der Waals surface area contributed by atoms with Crippen LogP contribution in [0.4, 0.5) is 0 Å². The fourth-order valence-corrected chi connectivity index (χ4v) is 1.31. The molecule has 1 unspecified atom stereocenters. The molecule has 2 heteroatoms. The minimum atomic E-state index is 0.461. The molecule has 1 aliphatic rings. The monoisotopic (exact) mass is 188 g/mol. The van der Waals surface area contributed by atoms with Crippen LogP contribution >= 0.6 is 11.6 Å². The van der Waals surface area contributed by atoms with E-state index in [2.05, 4.69) is 6.58 Å². The molecule has 0 spiro atoms. The molecule has 1 saturated carbocycles. The fraction of sp³-hybridized carbons (Fsp3) is 0.800. The molecule has 0 amide bonds. The van der Waals surface area contributed by atoms with Gasteiger partial charge in [0.15, 0.2) is 0 Å². The lowest BCUT2D eigenvalue weighted by atomic mass is 10.1. The SMILES string of the molecule is C=CCC(CCl)COCC1CC1. The van der Waals surface area contributed by atoms with Crippen LogP contribution in [0.15, 0.2) is 12.7 Å². The van der Waals surface area contributed by atoms with Gasteiger partial charge in [0.1, 0.15) is 0 Å². The summed E-state index contributed by atoms with van der Waals surface area (Å²) in [5, 5.41) is 0. The van der Waals surface area contributed by atoms with Gasteiger partial charge in [-0.2, -0.15) is 0 Å². The van der Waals surface area contributed by atoms with Crippen molar-refractivity contribution in [3.05, 3.63) is 12.7 Å². The molecule has 0 radical (unpaired) electrons. The normalized spacial score (nSPS) is 19.1. The highest BCUT2D eigenvalue weighted by Gasteiger charge is 2.21. The van der Waals surface area contributed by atoms with Gasteiger partial charge in [0, 0.05) is 12.5 Å². The number of allylic oxidation sites excluding steroid dienone is 1. The number of halogens is 1. The van der Waals surface area contributed by atoms with Crippen molar-refractivity contribution in [2.24, 2.45) is 11.8 Å². The van der Waals surface area contributed by atoms with Crippen LogP contribution in [0, 0.1) is 11.8 Å². The summed E-state index contributed by atoms with van der Waals surface area (Å²) >= 11 is 5.75. The predicted octanol–water partition coefficient (Wildman–Crippen LogP) is 2.84. The Kier molecular flexibility index (Phi) is 4.70. The van der Waals surface area contributed by atoms with E-state index in [0.29, 0.717) is 11.8 Å². The highest BCUT2D eigenvalue weighted by Crippen LogP contribution is 2.29. The van der Waals surface area contributed by atoms with E-state index < -0.39 is 0 Å². The van der Waals surface area contributed by atoms with Gasteiger partial charge in [0.05, 0.1) is 6.61 Å². The predicted molar refractivity (Wildman–Crippen MR) is 52.6 cm³/mol. The van der Waals surface area contributed by atoms with E-state index in [-0.39, 0.29) is 0 Å². The first-order chi connectivity index (χ1) is 5.86. The molecule has 0 aromatic heterocycles. The van der Waals surface area contributed by atoms with Crippen LogP contribution in [0.1, 0.15) is 19.3 Å². The van der Waals surface area contributed by atoms with Gasteiger partial charge in [0.25, 0.3) is 0 Å². The summed E-state index contributed by atoms with van der Waals surface area (Å²) in [4.78, 5) is 0. The molecular formula is C10H17ClO. The Bertz CT molecular complexity index is 132. The van der Waals surface area contributed by atoms with Crippen LogP contribution in [-0.2, 0) is 4.74 Å². The molecule has 1 rings (SSSR count). The average molecular weight is 189 g/mol. The summed E-state index contributed by atoms with van der Waals surface area (Å²) in [7, 11) is 0. The summed E-state index contributed by atoms with van der Waals surface area (Å²) in [6, 6.07) is 0. The molecule has 1 atom stereocenters. The van der Waals surface area contributed by atoms with Crippen molar-refractivity contribution >= 4 is 11.6 Å². The number of hydrogen-bond donors (Lipinski definition) is 0. The Labute approximate surface area is 79.7 Å². The number of alkyl halides is 1. The molecule has 0 aliphatic heterocycles. The van der Waals surface area contributed by atoms with Crippen LogP contribution in [0.5, 0.6) is 0 Å². The zero-order chi connectivity index (χ0) is 8.81. The van der Waals surface area contributed by atoms with Gasteiger partial charge in [0.2, 0.25) is 0 Å². The minimum Gasteiger partial charge on any atom is -0.381 e. The molecular weight excluding hydrogens is 172 g/mol. The van der Waals surface area contributed by atoms with Gasteiger partial charge in [-0.05, 0) is 31.1 Å². The molecule has 0 heterocycles. The molecule has 1 nitrogen and oxygen atoms in total. The lowest BCUT2D eigenvalue weighted by molar-refractivity contribution is 0.0980. The van der Waals surface area contributed by atoms with E-state index in [0.717, 1.165) is 25.6 Å². The van der Waals surface area contributed by atoms with Gasteiger partial charge in [-0.25, -0.2) is 0 Å². The minimum absolute atomic E-state index is 0.461. The lowest BCUT2D eigenvalue weighted by Crippen LogP contribution is -2.11. The topological polar surface area (TPSA) is 9.23 Å². The van der Waals surface area contributed by atoms with E-state index in [1.807, 2.05) is 6.08 Å². The third-order valence-electron chi connectivity index (χ3n) is 2.12. The second-order valence-corrected chi connectivity index (χ2v) is 3.83. The molecule has 0 aromatic rings. The first-order valence-electron chi connectivity index (χ1n) is 4.61. The molecule has 0 bridgehead atoms. The zero-order valence-corrected chi connectivity index (χ0v) is 8.22. The van der Waals surface area contributed by atoms with E-state index in [1.54, 1.807) is 0 Å². The van der Waals surface area contributed by atoms with Gasteiger partial charge < -0.3 is 4.74 Å². The highest BCUT2D eigenvalue weighted by molar-refractivity contribution is 6.18. The van der Waals surface area contributed by atoms with Crippen LogP contribution in [0.3, 0.4) is 0 Å². The fourth-order valence-electron chi connectivity index (χ4n) is 1.10. The summed E-state index contributed by atoms with van der Waals surface area (Å²) in [5.74, 6) is 1.99. The first-order valence-corrected chi connectivity index (χ1v) is 5.15. The van der Waals surface area contributed by atoms with E-state index in [9.17, 15) is 0 Å². The van der Waals surface area contributed by atoms with E-state index >= 15 is 0 Å². The molecule has 12 heavy (non-hydrogen) atoms. The van der Waals surface area contributed by atoms with Crippen LogP contribution in [0.25, 0.3) is 0 Å². The Balaban J connectivity index is 1.96. The van der Waals surface area contributed by atoms with Crippen LogP contribution in [-0.4, -0.2) is 19.1 Å². The van der Waals surface area contributed by atoms with Crippen molar-refractivity contribution in [2.75, 3.05) is 19.1 Å². The molecule has 70 valence electrons. The lowest BCUT2D eigenvalue weighted by Gasteiger charge is -2.11. The van der Waals surface area contributed by atoms with E-state index in [1.165, 1.54) is 12.8 Å². The van der Waals surface area contributed by atoms with Crippen LogP contribution in [0.2, 0.25) is 0 Å². The summed E-state index contributed by atoms with van der Waals surface area (Å²) in [5.41, 5.74) is 0. The quantitative estimate of drug-likeness (QED) is 0.441. The maximum atomic E-state index is 5.75. The van der Waals surface area contributed by atoms with Crippen molar-refractivity contribution in [3.8, 4) is 0 Å². The molecule has 1 fully saturated rings. The third-order valence-corrected chi connectivity index (χ3v) is 2.56. The van der Waals surface area contributed by atoms with Gasteiger partial charge in [-0.3, -0.25) is 0 Å². The van der Waals surface area contributed by atoms with Crippen molar-refractivity contribution in [2.45, 2.75) is 19.3 Å². The van der Waals surface area contributed by atoms with E-state index in [4.69, 9.17) is 16.3 Å². The molecule has 0 saturated heterocycles. The van der Waals surface area contributed by atoms with Gasteiger partial charge in [-0.15, -0.1) is 18.2 Å². The summed E-state index contributed by atoms with van der Waals surface area (Å²) < 4.78 is 5.53. The molecule has 1 aliphatic carbocycles. The summed E-state index contributed by atoms with van der Waals surface area (Å²) in [6.07, 6.45) is 5.59. The largest absolute Gasteiger partial charge is 0.381 e. The van der Waals surface area contributed by atoms with Crippen molar-refractivity contribution in [3.63, 3.8) is 0 Å². The Morgan fingerprint density at radius 2 is 2.33 bits per heavy atom. The van der Waals surface area contributed by atoms with Crippen molar-refractivity contribution < 1.29 is 4.74 Å². The number of hydrogen-bond acceptors (Lipinski definition) is 1. The molecule has 0 aromatic carbocycles. The van der Waals surface area contributed by atoms with Crippen LogP contribution < -0.4 is 0 Å². The Hall–Kier alpha value is -0.0100. The average Bonchev–Trinajstić information content (AvgIpc) is 2.87. The van der Waals surface area contributed by atoms with Gasteiger partial charge in [-0.1, -0.05) is 6.08 Å². The molecule has 0 N–H and O–H groups in total. The van der Waals surface area contributed by atoms with Crippen molar-refractivity contribution in [1.29, 1.82) is 0 Å². The smallest absolute Gasteiger partial charge is 0.0508 e. The summed E-state index contributed by atoms with van der Waals surface area (Å²) in [6.45, 7) is 5.42. The number of rotatable bonds is 7. The Morgan fingerprint density at radius 1 is 1.58 bits per heavy atom. The second kappa shape index (κ2) is 5.60. The second-order valence-electron chi connectivity index (χ2n) is 3.53.